The summed E-state index contributed by atoms with van der Waals surface area (Å²) in [5, 5.41) is 16.7. The number of carbonyl (C=O) groups excluding carboxylic acids is 2. The smallest absolute Gasteiger partial charge is 0.310 e. The number of nitrogens with zero attached hydrogens (tertiary/aromatic N) is 3. The van der Waals surface area contributed by atoms with Crippen molar-refractivity contribution >= 4 is 11.8 Å². The first-order chi connectivity index (χ1) is 7.74. The van der Waals surface area contributed by atoms with Crippen LogP contribution in [-0.4, -0.2) is 34.7 Å². The van der Waals surface area contributed by atoms with Gasteiger partial charge in [-0.05, 0) is 6.07 Å². The van der Waals surface area contributed by atoms with Gasteiger partial charge in [0.25, 0.3) is 0 Å². The maximum Gasteiger partial charge on any atom is 0.310 e. The van der Waals surface area contributed by atoms with E-state index in [0.29, 0.717) is 13.1 Å². The third kappa shape index (κ3) is 3.79. The lowest BCUT2D eigenvalue weighted by Crippen LogP contribution is -2.41. The molecule has 0 spiro atoms. The van der Waals surface area contributed by atoms with E-state index in [0.717, 1.165) is 0 Å². The van der Waals surface area contributed by atoms with E-state index >= 15 is 0 Å². The van der Waals surface area contributed by atoms with Gasteiger partial charge in [-0.2, -0.15) is 10.4 Å². The summed E-state index contributed by atoms with van der Waals surface area (Å²) in [6.07, 6.45) is 3.38. The number of amides is 2. The van der Waals surface area contributed by atoms with E-state index in [2.05, 4.69) is 15.7 Å². The first-order valence-electron chi connectivity index (χ1n) is 4.64. The van der Waals surface area contributed by atoms with E-state index < -0.39 is 11.8 Å². The molecule has 0 aliphatic rings. The zero-order valence-corrected chi connectivity index (χ0v) is 8.51. The van der Waals surface area contributed by atoms with Crippen molar-refractivity contribution in [3.05, 3.63) is 18.5 Å². The van der Waals surface area contributed by atoms with Gasteiger partial charge in [-0.3, -0.25) is 14.3 Å². The predicted octanol–water partition coefficient (Wildman–Crippen LogP) is -1.36. The highest BCUT2D eigenvalue weighted by atomic mass is 16.2. The highest BCUT2D eigenvalue weighted by molar-refractivity contribution is 6.35. The molecule has 2 amide bonds. The van der Waals surface area contributed by atoms with Crippen molar-refractivity contribution in [2.75, 3.05) is 13.1 Å². The molecule has 0 fully saturated rings. The summed E-state index contributed by atoms with van der Waals surface area (Å²) in [6, 6.07) is 3.47. The zero-order valence-electron chi connectivity index (χ0n) is 8.51. The minimum absolute atomic E-state index is 0.175. The lowest BCUT2D eigenvalue weighted by Gasteiger charge is -2.04. The van der Waals surface area contributed by atoms with E-state index in [4.69, 9.17) is 5.26 Å². The lowest BCUT2D eigenvalue weighted by molar-refractivity contribution is -0.139. The second-order valence-corrected chi connectivity index (χ2v) is 2.87. The Hall–Kier alpha value is -2.36. The van der Waals surface area contributed by atoms with E-state index in [-0.39, 0.29) is 6.54 Å². The highest BCUT2D eigenvalue weighted by Gasteiger charge is 2.11. The van der Waals surface area contributed by atoms with E-state index in [1.165, 1.54) is 0 Å². The van der Waals surface area contributed by atoms with Gasteiger partial charge in [0.2, 0.25) is 0 Å². The van der Waals surface area contributed by atoms with Crippen molar-refractivity contribution in [2.45, 2.75) is 6.54 Å². The molecule has 7 heteroatoms. The second-order valence-electron chi connectivity index (χ2n) is 2.87. The Labute approximate surface area is 92.0 Å². The van der Waals surface area contributed by atoms with Crippen LogP contribution < -0.4 is 10.6 Å². The number of nitrogens with one attached hydrogen (secondary N) is 2. The van der Waals surface area contributed by atoms with Crippen molar-refractivity contribution in [3.63, 3.8) is 0 Å². The summed E-state index contributed by atoms with van der Waals surface area (Å²) >= 11 is 0. The standard InChI is InChI=1S/C9H11N5O2/c10-2-4-11-8(15)9(16)12-5-7-14-6-1-3-13-14/h1,3,6H,4-5,7H2,(H,11,15)(H,12,16). The first-order valence-corrected chi connectivity index (χ1v) is 4.64. The van der Waals surface area contributed by atoms with Gasteiger partial charge in [0.05, 0.1) is 12.6 Å². The fraction of sp³-hybridized carbons (Fsp3) is 0.333. The molecule has 0 saturated heterocycles. The molecule has 1 aromatic heterocycles. The summed E-state index contributed by atoms with van der Waals surface area (Å²) in [5.41, 5.74) is 0. The van der Waals surface area contributed by atoms with Crippen LogP contribution in [0.4, 0.5) is 0 Å². The summed E-state index contributed by atoms with van der Waals surface area (Å²) in [7, 11) is 0. The van der Waals surface area contributed by atoms with Gasteiger partial charge in [0, 0.05) is 18.9 Å². The molecule has 0 aliphatic carbocycles. The highest BCUT2D eigenvalue weighted by Crippen LogP contribution is 1.82. The molecule has 0 unspecified atom stereocenters. The summed E-state index contributed by atoms with van der Waals surface area (Å²) < 4.78 is 1.63. The van der Waals surface area contributed by atoms with Crippen LogP contribution in [0.5, 0.6) is 0 Å². The average Bonchev–Trinajstić information content (AvgIpc) is 2.78. The van der Waals surface area contributed by atoms with Crippen LogP contribution in [0.25, 0.3) is 0 Å². The monoisotopic (exact) mass is 221 g/mol. The van der Waals surface area contributed by atoms with Crippen molar-refractivity contribution in [1.82, 2.24) is 20.4 Å². The molecule has 1 heterocycles. The Morgan fingerprint density at radius 2 is 2.12 bits per heavy atom. The summed E-state index contributed by atoms with van der Waals surface area (Å²) in [6.45, 7) is 0.621. The number of nitriles is 1. The Balaban J connectivity index is 2.20. The third-order valence-corrected chi connectivity index (χ3v) is 1.72. The number of hydrogen-bond acceptors (Lipinski definition) is 4. The average molecular weight is 221 g/mol. The van der Waals surface area contributed by atoms with Crippen molar-refractivity contribution in [2.24, 2.45) is 0 Å². The maximum absolute atomic E-state index is 11.1. The van der Waals surface area contributed by atoms with Crippen LogP contribution in [0.3, 0.4) is 0 Å². The fourth-order valence-corrected chi connectivity index (χ4v) is 0.997. The molecule has 2 N–H and O–H groups in total. The molecule has 1 aromatic rings. The lowest BCUT2D eigenvalue weighted by atomic mass is 10.5. The molecule has 0 atom stereocenters. The Morgan fingerprint density at radius 1 is 1.38 bits per heavy atom. The van der Waals surface area contributed by atoms with Crippen LogP contribution in [0.2, 0.25) is 0 Å². The van der Waals surface area contributed by atoms with Crippen LogP contribution in [-0.2, 0) is 16.1 Å². The van der Waals surface area contributed by atoms with Crippen LogP contribution >= 0.6 is 0 Å². The van der Waals surface area contributed by atoms with E-state index in [1.807, 2.05) is 0 Å². The van der Waals surface area contributed by atoms with Gasteiger partial charge in [-0.25, -0.2) is 0 Å². The van der Waals surface area contributed by atoms with Crippen LogP contribution in [0.15, 0.2) is 18.5 Å². The molecule has 7 nitrogen and oxygen atoms in total. The largest absolute Gasteiger partial charge is 0.346 e. The number of rotatable bonds is 4. The van der Waals surface area contributed by atoms with Crippen LogP contribution in [0.1, 0.15) is 0 Å². The summed E-state index contributed by atoms with van der Waals surface area (Å²) in [4.78, 5) is 22.1. The van der Waals surface area contributed by atoms with Crippen molar-refractivity contribution < 1.29 is 9.59 Å². The Morgan fingerprint density at radius 3 is 2.75 bits per heavy atom. The SMILES string of the molecule is N#CCNC(=O)C(=O)NCCn1cccn1. The molecule has 84 valence electrons. The fourth-order valence-electron chi connectivity index (χ4n) is 0.997. The quantitative estimate of drug-likeness (QED) is 0.484. The predicted molar refractivity (Wildman–Crippen MR) is 53.9 cm³/mol. The topological polar surface area (TPSA) is 99.8 Å². The number of aromatic nitrogens is 2. The van der Waals surface area contributed by atoms with Crippen LogP contribution in [0, 0.1) is 11.3 Å². The Bertz CT molecular complexity index is 393. The molecule has 0 radical (unpaired) electrons. The van der Waals surface area contributed by atoms with Gasteiger partial charge >= 0.3 is 11.8 Å². The first kappa shape index (κ1) is 11.7. The van der Waals surface area contributed by atoms with Crippen molar-refractivity contribution in [1.29, 1.82) is 5.26 Å². The molecular weight excluding hydrogens is 210 g/mol. The van der Waals surface area contributed by atoms with Gasteiger partial charge in [0.1, 0.15) is 6.54 Å². The molecule has 0 aromatic carbocycles. The van der Waals surface area contributed by atoms with Gasteiger partial charge in [-0.15, -0.1) is 0 Å². The molecule has 0 aliphatic heterocycles. The summed E-state index contributed by atoms with van der Waals surface area (Å²) in [5.74, 6) is -1.55. The van der Waals surface area contributed by atoms with Gasteiger partial charge in [0.15, 0.2) is 0 Å². The van der Waals surface area contributed by atoms with Crippen molar-refractivity contribution in [3.8, 4) is 6.07 Å². The molecule has 0 bridgehead atoms. The molecule has 1 rings (SSSR count). The van der Waals surface area contributed by atoms with Gasteiger partial charge in [-0.1, -0.05) is 0 Å². The molecule has 0 saturated carbocycles. The molecule has 16 heavy (non-hydrogen) atoms. The third-order valence-electron chi connectivity index (χ3n) is 1.72. The maximum atomic E-state index is 11.1. The minimum atomic E-state index is -0.804. The normalized spacial score (nSPS) is 9.19. The Kier molecular flexibility index (Phi) is 4.53. The van der Waals surface area contributed by atoms with Gasteiger partial charge < -0.3 is 10.6 Å². The number of hydrogen-bond donors (Lipinski definition) is 2. The minimum Gasteiger partial charge on any atom is -0.346 e. The number of carbonyl (C=O) groups is 2. The second kappa shape index (κ2) is 6.19. The van der Waals surface area contributed by atoms with E-state index in [9.17, 15) is 9.59 Å². The van der Waals surface area contributed by atoms with E-state index in [1.54, 1.807) is 29.2 Å². The molecular formula is C9H11N5O2. The zero-order chi connectivity index (χ0) is 11.8.